The number of amides is 1. The van der Waals surface area contributed by atoms with Gasteiger partial charge in [0.15, 0.2) is 5.82 Å². The highest BCUT2D eigenvalue weighted by Crippen LogP contribution is 2.37. The van der Waals surface area contributed by atoms with E-state index in [0.717, 1.165) is 22.4 Å². The Morgan fingerprint density at radius 1 is 1.09 bits per heavy atom. The fraction of sp³-hybridized carbons (Fsp3) is 0.185. The largest absolute Gasteiger partial charge is 0.494 e. The minimum absolute atomic E-state index is 0.236. The number of pyridine rings is 1. The molecule has 1 atom stereocenters. The molecule has 176 valence electrons. The molecule has 0 bridgehead atoms. The molecule has 0 radical (unpaired) electrons. The molecule has 2 aromatic heterocycles. The highest BCUT2D eigenvalue weighted by Gasteiger charge is 2.34. The number of carbonyl (C=O) groups is 1. The Kier molecular flexibility index (Phi) is 6.01. The van der Waals surface area contributed by atoms with Crippen LogP contribution in [0.5, 0.6) is 5.75 Å². The average Bonchev–Trinajstić information content (AvgIpc) is 3.28. The molecule has 0 aliphatic carbocycles. The zero-order valence-corrected chi connectivity index (χ0v) is 19.8. The summed E-state index contributed by atoms with van der Waals surface area (Å²) in [7, 11) is 0. The molecule has 8 heteroatoms. The Morgan fingerprint density at radius 2 is 1.89 bits per heavy atom. The summed E-state index contributed by atoms with van der Waals surface area (Å²) in [5.74, 6) is 1.72. The molecule has 1 amide bonds. The van der Waals surface area contributed by atoms with E-state index in [4.69, 9.17) is 14.8 Å². The van der Waals surface area contributed by atoms with E-state index in [-0.39, 0.29) is 5.91 Å². The Bertz CT molecular complexity index is 1390. The van der Waals surface area contributed by atoms with E-state index in [9.17, 15) is 4.79 Å². The van der Waals surface area contributed by atoms with E-state index in [1.807, 2.05) is 69.3 Å². The van der Waals surface area contributed by atoms with Gasteiger partial charge in [-0.15, -0.1) is 5.10 Å². The van der Waals surface area contributed by atoms with Crippen LogP contribution in [0.25, 0.3) is 11.4 Å². The van der Waals surface area contributed by atoms with Crippen molar-refractivity contribution in [2.45, 2.75) is 26.8 Å². The number of nitrogens with one attached hydrogen (secondary N) is 2. The van der Waals surface area contributed by atoms with E-state index in [1.54, 1.807) is 29.2 Å². The van der Waals surface area contributed by atoms with Gasteiger partial charge in [-0.3, -0.25) is 9.78 Å². The second-order valence-corrected chi connectivity index (χ2v) is 8.28. The first-order valence-electron chi connectivity index (χ1n) is 11.5. The molecule has 2 N–H and O–H groups in total. The van der Waals surface area contributed by atoms with Crippen LogP contribution in [0.3, 0.4) is 0 Å². The lowest BCUT2D eigenvalue weighted by molar-refractivity contribution is -0.113. The monoisotopic (exact) mass is 466 g/mol. The van der Waals surface area contributed by atoms with Crippen LogP contribution in [-0.2, 0) is 4.79 Å². The van der Waals surface area contributed by atoms with Crippen LogP contribution in [0.4, 0.5) is 11.6 Å². The topological polar surface area (TPSA) is 94.0 Å². The van der Waals surface area contributed by atoms with Crippen LogP contribution < -0.4 is 15.4 Å². The summed E-state index contributed by atoms with van der Waals surface area (Å²) in [5.41, 5.74) is 4.79. The summed E-state index contributed by atoms with van der Waals surface area (Å²) >= 11 is 0. The quantitative estimate of drug-likeness (QED) is 0.417. The average molecular weight is 467 g/mol. The Labute approximate surface area is 203 Å². The number of hydrogen-bond acceptors (Lipinski definition) is 6. The van der Waals surface area contributed by atoms with Gasteiger partial charge in [-0.25, -0.2) is 4.68 Å². The maximum absolute atomic E-state index is 13.5. The SMILES string of the molecule is CCOc1ccc(C2C(C(=O)Nc3cccnc3)=C(C)Nc3nc(-c4ccccc4C)nn32)cc1. The molecule has 0 saturated heterocycles. The Balaban J connectivity index is 1.60. The van der Waals surface area contributed by atoms with Gasteiger partial charge in [-0.2, -0.15) is 4.98 Å². The van der Waals surface area contributed by atoms with Gasteiger partial charge < -0.3 is 15.4 Å². The van der Waals surface area contributed by atoms with Crippen molar-refractivity contribution in [3.05, 3.63) is 95.5 Å². The molecule has 2 aromatic carbocycles. The standard InChI is InChI=1S/C27H26N6O2/c1-4-35-21-13-11-19(12-14-21)24-23(26(34)30-20-9-7-15-28-16-20)18(3)29-27-31-25(32-33(24)27)22-10-6-5-8-17(22)2/h5-16,24H,4H2,1-3H3,(H,30,34)(H,29,31,32). The van der Waals surface area contributed by atoms with Crippen molar-refractivity contribution in [3.63, 3.8) is 0 Å². The predicted octanol–water partition coefficient (Wildman–Crippen LogP) is 4.97. The third-order valence-corrected chi connectivity index (χ3v) is 5.91. The molecule has 8 nitrogen and oxygen atoms in total. The van der Waals surface area contributed by atoms with Crippen molar-refractivity contribution in [3.8, 4) is 17.1 Å². The highest BCUT2D eigenvalue weighted by molar-refractivity contribution is 6.05. The third kappa shape index (κ3) is 4.38. The predicted molar refractivity (Wildman–Crippen MR) is 135 cm³/mol. The molecule has 35 heavy (non-hydrogen) atoms. The van der Waals surface area contributed by atoms with E-state index in [1.165, 1.54) is 0 Å². The van der Waals surface area contributed by atoms with E-state index in [0.29, 0.717) is 35.3 Å². The van der Waals surface area contributed by atoms with Crippen molar-refractivity contribution in [2.24, 2.45) is 0 Å². The van der Waals surface area contributed by atoms with Crippen molar-refractivity contribution < 1.29 is 9.53 Å². The van der Waals surface area contributed by atoms with Crippen molar-refractivity contribution in [2.75, 3.05) is 17.2 Å². The van der Waals surface area contributed by atoms with Gasteiger partial charge in [0.25, 0.3) is 5.91 Å². The van der Waals surface area contributed by atoms with Gasteiger partial charge in [0.05, 0.1) is 24.1 Å². The number of ether oxygens (including phenoxy) is 1. The molecule has 1 aliphatic rings. The van der Waals surface area contributed by atoms with Crippen LogP contribution in [0.2, 0.25) is 0 Å². The number of allylic oxidation sites excluding steroid dienone is 1. The minimum Gasteiger partial charge on any atom is -0.494 e. The number of aromatic nitrogens is 4. The summed E-state index contributed by atoms with van der Waals surface area (Å²) in [6.07, 6.45) is 3.28. The first-order valence-corrected chi connectivity index (χ1v) is 11.5. The first-order chi connectivity index (χ1) is 17.0. The molecule has 1 aliphatic heterocycles. The number of anilines is 2. The van der Waals surface area contributed by atoms with Gasteiger partial charge in [0, 0.05) is 17.5 Å². The third-order valence-electron chi connectivity index (χ3n) is 5.91. The van der Waals surface area contributed by atoms with Crippen molar-refractivity contribution >= 4 is 17.5 Å². The molecule has 0 spiro atoms. The number of nitrogens with zero attached hydrogens (tertiary/aromatic N) is 4. The van der Waals surface area contributed by atoms with E-state index >= 15 is 0 Å². The van der Waals surface area contributed by atoms with Crippen LogP contribution in [0, 0.1) is 6.92 Å². The van der Waals surface area contributed by atoms with Gasteiger partial charge in [0.2, 0.25) is 5.95 Å². The molecule has 0 saturated carbocycles. The summed E-state index contributed by atoms with van der Waals surface area (Å²) < 4.78 is 7.40. The second-order valence-electron chi connectivity index (χ2n) is 8.28. The molecule has 0 fully saturated rings. The number of benzene rings is 2. The lowest BCUT2D eigenvalue weighted by Gasteiger charge is -2.28. The van der Waals surface area contributed by atoms with Crippen molar-refractivity contribution in [1.82, 2.24) is 19.7 Å². The Morgan fingerprint density at radius 3 is 2.60 bits per heavy atom. The maximum Gasteiger partial charge on any atom is 0.255 e. The van der Waals surface area contributed by atoms with Crippen LogP contribution in [0.15, 0.2) is 84.3 Å². The van der Waals surface area contributed by atoms with Gasteiger partial charge in [0.1, 0.15) is 11.8 Å². The fourth-order valence-electron chi connectivity index (χ4n) is 4.24. The number of aryl methyl sites for hydroxylation is 1. The summed E-state index contributed by atoms with van der Waals surface area (Å²) in [5, 5.41) is 11.1. The first kappa shape index (κ1) is 22.3. The van der Waals surface area contributed by atoms with Crippen LogP contribution in [-0.4, -0.2) is 32.3 Å². The lowest BCUT2D eigenvalue weighted by Crippen LogP contribution is -2.31. The number of carbonyl (C=O) groups excluding carboxylic acids is 1. The van der Waals surface area contributed by atoms with Crippen LogP contribution in [0.1, 0.15) is 31.0 Å². The molecule has 4 aromatic rings. The number of rotatable bonds is 6. The Hall–Kier alpha value is -4.46. The summed E-state index contributed by atoms with van der Waals surface area (Å²) in [4.78, 5) is 22.4. The molecule has 5 rings (SSSR count). The second kappa shape index (κ2) is 9.42. The highest BCUT2D eigenvalue weighted by atomic mass is 16.5. The minimum atomic E-state index is -0.483. The van der Waals surface area contributed by atoms with Gasteiger partial charge >= 0.3 is 0 Å². The number of fused-ring (bicyclic) bond motifs is 1. The van der Waals surface area contributed by atoms with Gasteiger partial charge in [-0.05, 0) is 56.2 Å². The van der Waals surface area contributed by atoms with Gasteiger partial charge in [-0.1, -0.05) is 36.4 Å². The lowest BCUT2D eigenvalue weighted by atomic mass is 9.95. The van der Waals surface area contributed by atoms with E-state index < -0.39 is 6.04 Å². The summed E-state index contributed by atoms with van der Waals surface area (Å²) in [6, 6.07) is 18.8. The van der Waals surface area contributed by atoms with E-state index in [2.05, 4.69) is 15.6 Å². The van der Waals surface area contributed by atoms with Crippen molar-refractivity contribution in [1.29, 1.82) is 0 Å². The molecular formula is C27H26N6O2. The normalized spacial score (nSPS) is 14.8. The molecular weight excluding hydrogens is 440 g/mol. The smallest absolute Gasteiger partial charge is 0.255 e. The molecule has 1 unspecified atom stereocenters. The molecule has 3 heterocycles. The van der Waals surface area contributed by atoms with Crippen LogP contribution >= 0.6 is 0 Å². The zero-order chi connectivity index (χ0) is 24.4. The maximum atomic E-state index is 13.5. The fourth-order valence-corrected chi connectivity index (χ4v) is 4.24. The summed E-state index contributed by atoms with van der Waals surface area (Å²) in [6.45, 7) is 6.44. The zero-order valence-electron chi connectivity index (χ0n) is 19.8. The number of hydrogen-bond donors (Lipinski definition) is 2.